The van der Waals surface area contributed by atoms with Crippen LogP contribution < -0.4 is 19.5 Å². The second-order valence-electron chi connectivity index (χ2n) is 11.4. The molecule has 9 heteroatoms. The summed E-state index contributed by atoms with van der Waals surface area (Å²) in [4.78, 5) is 31.8. The van der Waals surface area contributed by atoms with E-state index in [0.29, 0.717) is 34.1 Å². The summed E-state index contributed by atoms with van der Waals surface area (Å²) in [6, 6.07) is 26.8. The quantitative estimate of drug-likeness (QED) is 0.159. The standard InChI is InChI=1S/C36H33N3O6/c1-42-33-19-30-31(20-34(33)44-22-39(26-12-13-26)36(41)43-21-23-6-3-2-4-7-23)37-17-16-32(30)45-27-14-15-28-24(18-27)8-5-9-29(28)35(40)38-25-10-11-25/h2-9,14-20,25-26H,10-13,21-22H2,1H3,(H,38,40). The molecular weight excluding hydrogens is 570 g/mol. The molecule has 2 fully saturated rings. The number of carbonyl (C=O) groups is 2. The minimum atomic E-state index is -0.416. The molecule has 0 saturated heterocycles. The SMILES string of the molecule is COc1cc2c(Oc3ccc4c(C(=O)NC5CC5)cccc4c3)ccnc2cc1OCN(C(=O)OCc1ccccc1)C1CC1. The van der Waals surface area contributed by atoms with Crippen molar-refractivity contribution < 1.29 is 28.5 Å². The Kier molecular flexibility index (Phi) is 7.82. The van der Waals surface area contributed by atoms with Crippen LogP contribution in [-0.2, 0) is 11.3 Å². The Labute approximate surface area is 260 Å². The van der Waals surface area contributed by atoms with E-state index >= 15 is 0 Å². The highest BCUT2D eigenvalue weighted by atomic mass is 16.6. The molecule has 0 radical (unpaired) electrons. The fourth-order valence-corrected chi connectivity index (χ4v) is 5.27. The van der Waals surface area contributed by atoms with Gasteiger partial charge in [-0.3, -0.25) is 14.7 Å². The van der Waals surface area contributed by atoms with Gasteiger partial charge in [0.1, 0.15) is 18.1 Å². The summed E-state index contributed by atoms with van der Waals surface area (Å²) < 4.78 is 23.7. The van der Waals surface area contributed by atoms with Gasteiger partial charge in [-0.05, 0) is 78.4 Å². The largest absolute Gasteiger partial charge is 0.493 e. The van der Waals surface area contributed by atoms with Gasteiger partial charge in [0, 0.05) is 35.3 Å². The molecule has 1 heterocycles. The topological polar surface area (TPSA) is 99.2 Å². The maximum Gasteiger partial charge on any atom is 0.413 e. The van der Waals surface area contributed by atoms with E-state index < -0.39 is 6.09 Å². The minimum Gasteiger partial charge on any atom is -0.493 e. The van der Waals surface area contributed by atoms with Crippen LogP contribution in [0.5, 0.6) is 23.0 Å². The van der Waals surface area contributed by atoms with Crippen LogP contribution in [0.25, 0.3) is 21.7 Å². The Morgan fingerprint density at radius 1 is 0.867 bits per heavy atom. The van der Waals surface area contributed by atoms with Gasteiger partial charge in [0.15, 0.2) is 18.2 Å². The number of nitrogens with zero attached hydrogens (tertiary/aromatic N) is 2. The van der Waals surface area contributed by atoms with Crippen molar-refractivity contribution in [3.63, 3.8) is 0 Å². The third-order valence-electron chi connectivity index (χ3n) is 8.01. The first-order valence-electron chi connectivity index (χ1n) is 15.1. The van der Waals surface area contributed by atoms with Crippen LogP contribution in [0.3, 0.4) is 0 Å². The van der Waals surface area contributed by atoms with Crippen LogP contribution in [0.15, 0.2) is 91.1 Å². The van der Waals surface area contributed by atoms with Gasteiger partial charge in [0.2, 0.25) is 0 Å². The van der Waals surface area contributed by atoms with Crippen LogP contribution in [0.4, 0.5) is 4.79 Å². The maximum absolute atomic E-state index is 12.9. The van der Waals surface area contributed by atoms with E-state index in [1.807, 2.05) is 72.8 Å². The van der Waals surface area contributed by atoms with E-state index in [1.165, 1.54) is 0 Å². The van der Waals surface area contributed by atoms with Crippen molar-refractivity contribution in [1.82, 2.24) is 15.2 Å². The number of methoxy groups -OCH3 is 1. The molecule has 1 aromatic heterocycles. The number of pyridine rings is 1. The first-order chi connectivity index (χ1) is 22.1. The van der Waals surface area contributed by atoms with Gasteiger partial charge in [0.05, 0.1) is 12.6 Å². The van der Waals surface area contributed by atoms with Crippen molar-refractivity contribution in [3.8, 4) is 23.0 Å². The van der Waals surface area contributed by atoms with Crippen LogP contribution in [0.2, 0.25) is 0 Å². The maximum atomic E-state index is 12.9. The van der Waals surface area contributed by atoms with Crippen LogP contribution >= 0.6 is 0 Å². The molecule has 9 nitrogen and oxygen atoms in total. The van der Waals surface area contributed by atoms with Crippen molar-refractivity contribution in [2.45, 2.75) is 44.4 Å². The molecule has 2 amide bonds. The lowest BCUT2D eigenvalue weighted by molar-refractivity contribution is 0.0606. The lowest BCUT2D eigenvalue weighted by Crippen LogP contribution is -2.36. The zero-order chi connectivity index (χ0) is 30.8. The lowest BCUT2D eigenvalue weighted by Gasteiger charge is -2.23. The second-order valence-corrected chi connectivity index (χ2v) is 11.4. The molecule has 45 heavy (non-hydrogen) atoms. The summed E-state index contributed by atoms with van der Waals surface area (Å²) in [5, 5.41) is 5.58. The lowest BCUT2D eigenvalue weighted by atomic mass is 10.0. The van der Waals surface area contributed by atoms with Gasteiger partial charge in [-0.15, -0.1) is 0 Å². The molecular formula is C36H33N3O6. The Bertz CT molecular complexity index is 1870. The van der Waals surface area contributed by atoms with E-state index in [1.54, 1.807) is 30.3 Å². The number of fused-ring (bicyclic) bond motifs is 2. The monoisotopic (exact) mass is 603 g/mol. The van der Waals surface area contributed by atoms with Crippen LogP contribution in [-0.4, -0.2) is 47.8 Å². The van der Waals surface area contributed by atoms with Gasteiger partial charge in [0.25, 0.3) is 5.91 Å². The Balaban J connectivity index is 1.08. The van der Waals surface area contributed by atoms with Crippen molar-refractivity contribution in [1.29, 1.82) is 0 Å². The highest BCUT2D eigenvalue weighted by molar-refractivity contribution is 6.07. The number of aromatic nitrogens is 1. The number of hydrogen-bond acceptors (Lipinski definition) is 7. The zero-order valence-corrected chi connectivity index (χ0v) is 24.9. The Morgan fingerprint density at radius 2 is 1.71 bits per heavy atom. The highest BCUT2D eigenvalue weighted by Gasteiger charge is 2.34. The van der Waals surface area contributed by atoms with Gasteiger partial charge in [-0.2, -0.15) is 0 Å². The minimum absolute atomic E-state index is 0.0219. The molecule has 0 atom stereocenters. The third-order valence-corrected chi connectivity index (χ3v) is 8.01. The summed E-state index contributed by atoms with van der Waals surface area (Å²) in [6.45, 7) is 0.219. The van der Waals surface area contributed by atoms with Crippen molar-refractivity contribution in [2.24, 2.45) is 0 Å². The summed E-state index contributed by atoms with van der Waals surface area (Å²) >= 11 is 0. The van der Waals surface area contributed by atoms with Crippen LogP contribution in [0, 0.1) is 0 Å². The number of benzene rings is 4. The zero-order valence-electron chi connectivity index (χ0n) is 24.9. The van der Waals surface area contributed by atoms with Crippen molar-refractivity contribution in [2.75, 3.05) is 13.8 Å². The number of hydrogen-bond donors (Lipinski definition) is 1. The van der Waals surface area contributed by atoms with E-state index in [0.717, 1.165) is 47.4 Å². The molecule has 0 aliphatic heterocycles. The van der Waals surface area contributed by atoms with Gasteiger partial charge < -0.3 is 24.3 Å². The van der Waals surface area contributed by atoms with Gasteiger partial charge in [-0.25, -0.2) is 4.79 Å². The normalized spacial score (nSPS) is 14.2. The summed E-state index contributed by atoms with van der Waals surface area (Å²) in [5.41, 5.74) is 2.22. The molecule has 0 bridgehead atoms. The first-order valence-corrected chi connectivity index (χ1v) is 15.1. The van der Waals surface area contributed by atoms with E-state index in [2.05, 4.69) is 10.3 Å². The summed E-state index contributed by atoms with van der Waals surface area (Å²) in [5.74, 6) is 2.11. The smallest absolute Gasteiger partial charge is 0.413 e. The molecule has 2 aliphatic rings. The predicted octanol–water partition coefficient (Wildman–Crippen LogP) is 7.22. The molecule has 228 valence electrons. The highest BCUT2D eigenvalue weighted by Crippen LogP contribution is 2.38. The Hall–Kier alpha value is -5.31. The van der Waals surface area contributed by atoms with Crippen LogP contribution in [0.1, 0.15) is 41.6 Å². The summed E-state index contributed by atoms with van der Waals surface area (Å²) in [7, 11) is 1.57. The van der Waals surface area contributed by atoms with E-state index in [4.69, 9.17) is 18.9 Å². The molecule has 4 aromatic carbocycles. The number of rotatable bonds is 11. The van der Waals surface area contributed by atoms with E-state index in [9.17, 15) is 9.59 Å². The van der Waals surface area contributed by atoms with E-state index in [-0.39, 0.29) is 31.3 Å². The van der Waals surface area contributed by atoms with Gasteiger partial charge in [-0.1, -0.05) is 42.5 Å². The molecule has 2 aliphatic carbocycles. The average molecular weight is 604 g/mol. The fraction of sp³-hybridized carbons (Fsp3) is 0.250. The average Bonchev–Trinajstić information content (AvgIpc) is 4.01. The van der Waals surface area contributed by atoms with Crippen molar-refractivity contribution >= 4 is 33.7 Å². The predicted molar refractivity (Wildman–Crippen MR) is 170 cm³/mol. The second kappa shape index (κ2) is 12.4. The number of carbonyl (C=O) groups excluding carboxylic acids is 2. The molecule has 0 spiro atoms. The first kappa shape index (κ1) is 28.5. The Morgan fingerprint density at radius 3 is 2.49 bits per heavy atom. The number of nitrogens with one attached hydrogen (secondary N) is 1. The molecule has 7 rings (SSSR count). The molecule has 2 saturated carbocycles. The molecule has 0 unspecified atom stereocenters. The number of amides is 2. The van der Waals surface area contributed by atoms with Gasteiger partial charge >= 0.3 is 6.09 Å². The fourth-order valence-electron chi connectivity index (χ4n) is 5.27. The number of ether oxygens (including phenoxy) is 4. The summed E-state index contributed by atoms with van der Waals surface area (Å²) in [6.07, 6.45) is 5.15. The molecule has 1 N–H and O–H groups in total. The molecule has 5 aromatic rings. The third kappa shape index (κ3) is 6.47. The van der Waals surface area contributed by atoms with Crippen molar-refractivity contribution in [3.05, 3.63) is 102 Å².